The van der Waals surface area contributed by atoms with E-state index in [2.05, 4.69) is 66.7 Å². The molecule has 0 spiro atoms. The molecule has 1 heteroatoms. The van der Waals surface area contributed by atoms with Crippen molar-refractivity contribution in [1.82, 2.24) is 0 Å². The highest BCUT2D eigenvalue weighted by atomic mass is 28.2. The van der Waals surface area contributed by atoms with Crippen LogP contribution in [0.3, 0.4) is 0 Å². The summed E-state index contributed by atoms with van der Waals surface area (Å²) < 4.78 is 0. The Hall–Kier alpha value is -1.73. The van der Waals surface area contributed by atoms with Gasteiger partial charge in [-0.25, -0.2) is 0 Å². The van der Waals surface area contributed by atoms with Crippen LogP contribution in [0.25, 0.3) is 12.2 Å². The molecule has 0 atom stereocenters. The molecule has 0 heterocycles. The third-order valence-electron chi connectivity index (χ3n) is 2.95. The zero-order chi connectivity index (χ0) is 11.5. The lowest BCUT2D eigenvalue weighted by Gasteiger charge is -1.94. The molecule has 3 rings (SSSR count). The van der Waals surface area contributed by atoms with Gasteiger partial charge in [-0.1, -0.05) is 60.7 Å². The van der Waals surface area contributed by atoms with Gasteiger partial charge in [-0.2, -0.15) is 0 Å². The molecule has 0 nitrogen and oxygen atoms in total. The van der Waals surface area contributed by atoms with Crippen LogP contribution in [0.4, 0.5) is 0 Å². The molecule has 0 unspecified atom stereocenters. The molecule has 0 aromatic heterocycles. The molecule has 0 saturated heterocycles. The van der Waals surface area contributed by atoms with Crippen molar-refractivity contribution in [1.29, 1.82) is 0 Å². The van der Waals surface area contributed by atoms with Crippen LogP contribution in [-0.2, 0) is 6.04 Å². The van der Waals surface area contributed by atoms with Gasteiger partial charge in [0.05, 0.1) is 0 Å². The van der Waals surface area contributed by atoms with E-state index in [1.54, 1.807) is 0 Å². The Morgan fingerprint density at radius 1 is 0.882 bits per heavy atom. The maximum Gasteiger partial charge on any atom is 0.00820 e. The summed E-state index contributed by atoms with van der Waals surface area (Å²) in [6.07, 6.45) is 5.79. The molecule has 0 bridgehead atoms. The fraction of sp³-hybridized carbons (Fsp3) is 0.0625. The molecule has 81 valence electrons. The first-order valence-electron chi connectivity index (χ1n) is 5.87. The first-order valence-corrected chi connectivity index (χ1v) is 7.26. The van der Waals surface area contributed by atoms with E-state index in [0.29, 0.717) is 9.13 Å². The average Bonchev–Trinajstić information content (AvgIpc) is 2.80. The third-order valence-corrected chi connectivity index (χ3v) is 4.38. The quantitative estimate of drug-likeness (QED) is 0.678. The molecule has 0 N–H and O–H groups in total. The molecule has 1 aliphatic carbocycles. The van der Waals surface area contributed by atoms with Crippen molar-refractivity contribution in [3.63, 3.8) is 0 Å². The predicted molar refractivity (Wildman–Crippen MR) is 75.9 cm³/mol. The van der Waals surface area contributed by atoms with Crippen LogP contribution in [0.2, 0.25) is 0 Å². The third kappa shape index (κ3) is 2.34. The smallest absolute Gasteiger partial charge is 0.00820 e. The molecule has 2 aromatic rings. The summed E-state index contributed by atoms with van der Waals surface area (Å²) >= 11 is 0. The molecule has 1 radical (unpaired) electrons. The van der Waals surface area contributed by atoms with Crippen LogP contribution < -0.4 is 10.4 Å². The van der Waals surface area contributed by atoms with E-state index in [1.807, 2.05) is 0 Å². The van der Waals surface area contributed by atoms with E-state index in [9.17, 15) is 0 Å². The lowest BCUT2D eigenvalue weighted by Crippen LogP contribution is -2.19. The summed E-state index contributed by atoms with van der Waals surface area (Å²) in [5.41, 5.74) is 1.43. The van der Waals surface area contributed by atoms with E-state index < -0.39 is 0 Å². The van der Waals surface area contributed by atoms with Crippen LogP contribution in [0.15, 0.2) is 54.6 Å². The highest BCUT2D eigenvalue weighted by Gasteiger charge is 1.98. The summed E-state index contributed by atoms with van der Waals surface area (Å²) in [5.74, 6) is 0. The van der Waals surface area contributed by atoms with Gasteiger partial charge in [0, 0.05) is 9.13 Å². The molecule has 17 heavy (non-hydrogen) atoms. The average molecular weight is 233 g/mol. The van der Waals surface area contributed by atoms with E-state index in [4.69, 9.17) is 0 Å². The van der Waals surface area contributed by atoms with Gasteiger partial charge in [-0.15, -0.1) is 0 Å². The topological polar surface area (TPSA) is 0 Å². The van der Waals surface area contributed by atoms with Gasteiger partial charge in [-0.05, 0) is 33.3 Å². The van der Waals surface area contributed by atoms with Gasteiger partial charge in [0.1, 0.15) is 0 Å². The Labute approximate surface area is 103 Å². The molecule has 0 amide bonds. The Balaban J connectivity index is 1.87. The minimum absolute atomic E-state index is 0.293. The van der Waals surface area contributed by atoms with E-state index in [1.165, 1.54) is 27.2 Å². The highest BCUT2D eigenvalue weighted by Crippen LogP contribution is 1.97. The van der Waals surface area contributed by atoms with Crippen molar-refractivity contribution < 1.29 is 0 Å². The predicted octanol–water partition coefficient (Wildman–Crippen LogP) is 0.947. The first-order chi connectivity index (χ1) is 8.42. The normalized spacial score (nSPS) is 15.2. The van der Waals surface area contributed by atoms with Crippen molar-refractivity contribution in [2.24, 2.45) is 0 Å². The van der Waals surface area contributed by atoms with Crippen LogP contribution in [0.5, 0.6) is 0 Å². The molecule has 1 aliphatic rings. The van der Waals surface area contributed by atoms with E-state index in [0.717, 1.165) is 0 Å². The Morgan fingerprint density at radius 2 is 1.65 bits per heavy atom. The van der Waals surface area contributed by atoms with Crippen molar-refractivity contribution in [2.75, 3.05) is 0 Å². The second-order valence-electron chi connectivity index (χ2n) is 4.21. The van der Waals surface area contributed by atoms with Gasteiger partial charge in [0.15, 0.2) is 0 Å². The second kappa shape index (κ2) is 4.64. The van der Waals surface area contributed by atoms with Crippen LogP contribution in [-0.4, -0.2) is 14.3 Å². The summed E-state index contributed by atoms with van der Waals surface area (Å²) in [5, 5.41) is 3.97. The maximum atomic E-state index is 3.50. The minimum Gasteiger partial charge on any atom is -0.0622 e. The van der Waals surface area contributed by atoms with Crippen molar-refractivity contribution in [3.8, 4) is 0 Å². The molecular weight excluding hydrogens is 220 g/mol. The lowest BCUT2D eigenvalue weighted by atomic mass is 10.2. The number of fused-ring (bicyclic) bond motifs is 1. The number of benzene rings is 2. The number of hydrogen-bond donors (Lipinski definition) is 0. The van der Waals surface area contributed by atoms with E-state index in [-0.39, 0.29) is 0 Å². The van der Waals surface area contributed by atoms with E-state index >= 15 is 0 Å². The highest BCUT2D eigenvalue weighted by molar-refractivity contribution is 6.68. The zero-order valence-electron chi connectivity index (χ0n) is 9.56. The Morgan fingerprint density at radius 3 is 2.47 bits per heavy atom. The largest absolute Gasteiger partial charge is 0.0622 e. The zero-order valence-corrected chi connectivity index (χ0v) is 10.7. The van der Waals surface area contributed by atoms with Crippen LogP contribution in [0.1, 0.15) is 5.56 Å². The SMILES string of the molecule is [C]1=c2ccccc2=CC1=[SiH]Cc1ccccc1. The van der Waals surface area contributed by atoms with Gasteiger partial charge < -0.3 is 0 Å². The Bertz CT molecular complexity index is 629. The van der Waals surface area contributed by atoms with Gasteiger partial charge >= 0.3 is 0 Å². The Kier molecular flexibility index (Phi) is 2.84. The van der Waals surface area contributed by atoms with Crippen LogP contribution in [0, 0.1) is 0 Å². The summed E-state index contributed by atoms with van der Waals surface area (Å²) in [6, 6.07) is 20.3. The number of hydrogen-bond acceptors (Lipinski definition) is 0. The van der Waals surface area contributed by atoms with Crippen molar-refractivity contribution >= 4 is 26.5 Å². The fourth-order valence-corrected chi connectivity index (χ4v) is 3.33. The summed E-state index contributed by atoms with van der Waals surface area (Å²) in [6.45, 7) is 0. The first kappa shape index (κ1) is 10.4. The summed E-state index contributed by atoms with van der Waals surface area (Å²) in [4.78, 5) is 0. The molecule has 0 saturated carbocycles. The molecule has 0 aliphatic heterocycles. The molecule has 2 aromatic carbocycles. The van der Waals surface area contributed by atoms with Gasteiger partial charge in [-0.3, -0.25) is 0 Å². The minimum atomic E-state index is 0.293. The number of rotatable bonds is 2. The van der Waals surface area contributed by atoms with Crippen molar-refractivity contribution in [2.45, 2.75) is 6.04 Å². The lowest BCUT2D eigenvalue weighted by molar-refractivity contribution is 1.40. The molecular formula is C16H13Si. The summed E-state index contributed by atoms with van der Waals surface area (Å²) in [7, 11) is 0.293. The van der Waals surface area contributed by atoms with Crippen LogP contribution >= 0.6 is 0 Å². The van der Waals surface area contributed by atoms with Gasteiger partial charge in [0.2, 0.25) is 0 Å². The second-order valence-corrected chi connectivity index (χ2v) is 5.64. The standard InChI is InChI=1S/C16H13Si/c1-2-6-13(7-3-1)12-17-16-10-14-8-4-5-9-15(14)11-16/h1-10,17H,12H2. The van der Waals surface area contributed by atoms with Gasteiger partial charge in [0.25, 0.3) is 0 Å². The monoisotopic (exact) mass is 233 g/mol. The maximum absolute atomic E-state index is 3.50. The molecule has 0 fully saturated rings. The van der Waals surface area contributed by atoms with Crippen molar-refractivity contribution in [3.05, 3.63) is 70.6 Å². The fourth-order valence-electron chi connectivity index (χ4n) is 2.05.